The van der Waals surface area contributed by atoms with Gasteiger partial charge in [0, 0.05) is 45.1 Å². The van der Waals surface area contributed by atoms with Crippen LogP contribution in [0.4, 0.5) is 17.3 Å². The summed E-state index contributed by atoms with van der Waals surface area (Å²) in [5.74, 6) is 1.62. The predicted octanol–water partition coefficient (Wildman–Crippen LogP) is 3.39. The Labute approximate surface area is 214 Å². The first kappa shape index (κ1) is 22.9. The lowest BCUT2D eigenvalue weighted by atomic mass is 10.1. The number of hydrogen-bond donors (Lipinski definition) is 4. The number of hydrogen-bond acceptors (Lipinski definition) is 7. The number of aromatic amines is 1. The fourth-order valence-electron chi connectivity index (χ4n) is 3.76. The van der Waals surface area contributed by atoms with E-state index >= 15 is 0 Å². The molecule has 0 atom stereocenters. The SMILES string of the molecule is Cc1nnc(CCNC(=O)c2ccc(Nc3ncc4c(n3)-c3ccc(I)cc3NC(=O)C4)cc2)[nH]1. The molecule has 1 aliphatic rings. The smallest absolute Gasteiger partial charge is 0.251 e. The zero-order chi connectivity index (χ0) is 24.4. The molecule has 0 bridgehead atoms. The van der Waals surface area contributed by atoms with Crippen molar-refractivity contribution in [1.82, 2.24) is 30.5 Å². The number of amides is 2. The van der Waals surface area contributed by atoms with Crippen molar-refractivity contribution in [3.63, 3.8) is 0 Å². The summed E-state index contributed by atoms with van der Waals surface area (Å²) in [5, 5.41) is 16.9. The zero-order valence-corrected chi connectivity index (χ0v) is 20.9. The van der Waals surface area contributed by atoms with Crippen LogP contribution in [0.2, 0.25) is 0 Å². The molecule has 11 heteroatoms. The molecule has 0 saturated carbocycles. The molecule has 4 N–H and O–H groups in total. The van der Waals surface area contributed by atoms with Gasteiger partial charge in [0.2, 0.25) is 11.9 Å². The number of carbonyl (C=O) groups excluding carboxylic acids is 2. The van der Waals surface area contributed by atoms with E-state index in [0.717, 1.165) is 37.7 Å². The molecule has 0 spiro atoms. The van der Waals surface area contributed by atoms with Gasteiger partial charge in [0.25, 0.3) is 5.91 Å². The van der Waals surface area contributed by atoms with E-state index in [2.05, 4.69) is 58.7 Å². The number of nitrogens with one attached hydrogen (secondary N) is 4. The Morgan fingerprint density at radius 3 is 2.74 bits per heavy atom. The zero-order valence-electron chi connectivity index (χ0n) is 18.7. The molecular weight excluding hydrogens is 559 g/mol. The maximum Gasteiger partial charge on any atom is 0.251 e. The number of carbonyl (C=O) groups is 2. The Balaban J connectivity index is 1.27. The highest BCUT2D eigenvalue weighted by atomic mass is 127. The fraction of sp³-hybridized carbons (Fsp3) is 0.167. The van der Waals surface area contributed by atoms with E-state index in [1.54, 1.807) is 30.5 Å². The first-order chi connectivity index (χ1) is 16.9. The van der Waals surface area contributed by atoms with Crippen LogP contribution in [0.15, 0.2) is 48.7 Å². The predicted molar refractivity (Wildman–Crippen MR) is 139 cm³/mol. The summed E-state index contributed by atoms with van der Waals surface area (Å²) < 4.78 is 1.02. The maximum absolute atomic E-state index is 12.4. The summed E-state index contributed by atoms with van der Waals surface area (Å²) in [6, 6.07) is 12.9. The standard InChI is InChI=1S/C24H21IN8O2/c1-13-28-20(33-32-13)8-9-26-23(35)14-2-5-17(6-3-14)29-24-27-12-15-10-21(34)30-19-11-16(25)4-7-18(19)22(15)31-24/h2-7,11-12H,8-10H2,1H3,(H,26,35)(H,30,34)(H,27,29,31)(H,28,32,33). The van der Waals surface area contributed by atoms with Gasteiger partial charge in [-0.15, -0.1) is 10.2 Å². The van der Waals surface area contributed by atoms with Crippen molar-refractivity contribution >= 4 is 51.7 Å². The second kappa shape index (κ2) is 9.78. The highest BCUT2D eigenvalue weighted by Gasteiger charge is 2.21. The Bertz CT molecular complexity index is 1420. The van der Waals surface area contributed by atoms with Gasteiger partial charge in [-0.05, 0) is 72.0 Å². The van der Waals surface area contributed by atoms with Crippen LogP contribution in [0, 0.1) is 10.5 Å². The second-order valence-corrected chi connectivity index (χ2v) is 9.29. The number of aryl methyl sites for hydroxylation is 1. The topological polar surface area (TPSA) is 138 Å². The van der Waals surface area contributed by atoms with Crippen LogP contribution in [0.1, 0.15) is 27.6 Å². The van der Waals surface area contributed by atoms with E-state index in [-0.39, 0.29) is 18.2 Å². The summed E-state index contributed by atoms with van der Waals surface area (Å²) >= 11 is 2.21. The first-order valence-corrected chi connectivity index (χ1v) is 12.0. The molecule has 2 amide bonds. The number of fused-ring (bicyclic) bond motifs is 3. The van der Waals surface area contributed by atoms with Crippen LogP contribution >= 0.6 is 22.6 Å². The lowest BCUT2D eigenvalue weighted by Gasteiger charge is -2.11. The largest absolute Gasteiger partial charge is 0.352 e. The van der Waals surface area contributed by atoms with Crippen LogP contribution in [-0.4, -0.2) is 43.5 Å². The molecular formula is C24H21IN8O2. The van der Waals surface area contributed by atoms with Crippen molar-refractivity contribution in [3.05, 3.63) is 75.0 Å². The van der Waals surface area contributed by atoms with Crippen molar-refractivity contribution in [2.24, 2.45) is 0 Å². The Morgan fingerprint density at radius 2 is 1.97 bits per heavy atom. The molecule has 4 aromatic rings. The molecule has 2 aromatic carbocycles. The van der Waals surface area contributed by atoms with Crippen LogP contribution in [0.3, 0.4) is 0 Å². The van der Waals surface area contributed by atoms with E-state index in [0.29, 0.717) is 30.2 Å². The molecule has 10 nitrogen and oxygen atoms in total. The third kappa shape index (κ3) is 5.29. The molecule has 0 aliphatic carbocycles. The van der Waals surface area contributed by atoms with Gasteiger partial charge in [0.15, 0.2) is 0 Å². The van der Waals surface area contributed by atoms with E-state index < -0.39 is 0 Å². The van der Waals surface area contributed by atoms with E-state index in [1.807, 2.05) is 25.1 Å². The van der Waals surface area contributed by atoms with E-state index in [1.165, 1.54) is 0 Å². The molecule has 0 saturated heterocycles. The molecule has 5 rings (SSSR count). The quantitative estimate of drug-likeness (QED) is 0.257. The third-order valence-corrected chi connectivity index (χ3v) is 6.09. The number of H-pyrrole nitrogens is 1. The van der Waals surface area contributed by atoms with Crippen molar-refractivity contribution in [3.8, 4) is 11.3 Å². The van der Waals surface area contributed by atoms with Gasteiger partial charge in [0.05, 0.1) is 17.8 Å². The van der Waals surface area contributed by atoms with Crippen molar-refractivity contribution < 1.29 is 9.59 Å². The molecule has 0 radical (unpaired) electrons. The molecule has 1 aliphatic heterocycles. The maximum atomic E-state index is 12.4. The summed E-state index contributed by atoms with van der Waals surface area (Å²) in [4.78, 5) is 36.8. The number of benzene rings is 2. The minimum Gasteiger partial charge on any atom is -0.352 e. The van der Waals surface area contributed by atoms with Crippen LogP contribution in [0.25, 0.3) is 11.3 Å². The number of nitrogens with zero attached hydrogens (tertiary/aromatic N) is 4. The molecule has 0 fully saturated rings. The number of rotatable bonds is 6. The Hall–Kier alpha value is -3.87. The molecule has 2 aromatic heterocycles. The minimum absolute atomic E-state index is 0.0962. The van der Waals surface area contributed by atoms with Gasteiger partial charge in [0.1, 0.15) is 11.6 Å². The average Bonchev–Trinajstić information content (AvgIpc) is 3.19. The van der Waals surface area contributed by atoms with E-state index in [4.69, 9.17) is 4.98 Å². The second-order valence-electron chi connectivity index (χ2n) is 8.05. The summed E-state index contributed by atoms with van der Waals surface area (Å²) in [5.41, 5.74) is 4.35. The Morgan fingerprint density at radius 1 is 1.14 bits per heavy atom. The van der Waals surface area contributed by atoms with Gasteiger partial charge in [-0.2, -0.15) is 0 Å². The fourth-order valence-corrected chi connectivity index (χ4v) is 4.25. The van der Waals surface area contributed by atoms with Gasteiger partial charge in [-0.25, -0.2) is 9.97 Å². The van der Waals surface area contributed by atoms with Crippen molar-refractivity contribution in [2.45, 2.75) is 19.8 Å². The normalized spacial score (nSPS) is 12.2. The van der Waals surface area contributed by atoms with Gasteiger partial charge in [-0.1, -0.05) is 0 Å². The molecule has 35 heavy (non-hydrogen) atoms. The lowest BCUT2D eigenvalue weighted by molar-refractivity contribution is -0.115. The lowest BCUT2D eigenvalue weighted by Crippen LogP contribution is -2.25. The number of anilines is 3. The molecule has 176 valence electrons. The van der Waals surface area contributed by atoms with Crippen molar-refractivity contribution in [1.29, 1.82) is 0 Å². The number of aromatic nitrogens is 5. The summed E-state index contributed by atoms with van der Waals surface area (Å²) in [6.45, 7) is 2.28. The van der Waals surface area contributed by atoms with Gasteiger partial charge >= 0.3 is 0 Å². The van der Waals surface area contributed by atoms with E-state index in [9.17, 15) is 9.59 Å². The highest BCUT2D eigenvalue weighted by Crippen LogP contribution is 2.34. The van der Waals surface area contributed by atoms with Crippen LogP contribution < -0.4 is 16.0 Å². The van der Waals surface area contributed by atoms with Crippen molar-refractivity contribution in [2.75, 3.05) is 17.2 Å². The Kier molecular flexibility index (Phi) is 6.40. The summed E-state index contributed by atoms with van der Waals surface area (Å²) in [6.07, 6.45) is 2.46. The van der Waals surface area contributed by atoms with Crippen LogP contribution in [-0.2, 0) is 17.6 Å². The van der Waals surface area contributed by atoms with Gasteiger partial charge < -0.3 is 20.9 Å². The first-order valence-electron chi connectivity index (χ1n) is 10.9. The average molecular weight is 580 g/mol. The monoisotopic (exact) mass is 580 g/mol. The number of halogens is 1. The molecule has 0 unspecified atom stereocenters. The third-order valence-electron chi connectivity index (χ3n) is 5.42. The van der Waals surface area contributed by atoms with Gasteiger partial charge in [-0.3, -0.25) is 9.59 Å². The van der Waals surface area contributed by atoms with Crippen LogP contribution in [0.5, 0.6) is 0 Å². The molecule has 3 heterocycles. The highest BCUT2D eigenvalue weighted by molar-refractivity contribution is 14.1. The summed E-state index contributed by atoms with van der Waals surface area (Å²) in [7, 11) is 0. The minimum atomic E-state index is -0.169.